The van der Waals surface area contributed by atoms with Gasteiger partial charge in [-0.3, -0.25) is 4.79 Å². The zero-order valence-electron chi connectivity index (χ0n) is 26.3. The van der Waals surface area contributed by atoms with Crippen molar-refractivity contribution in [1.29, 1.82) is 0 Å². The number of hydrogen-bond acceptors (Lipinski definition) is 4. The van der Waals surface area contributed by atoms with Gasteiger partial charge in [-0.15, -0.1) is 0 Å². The molecule has 7 rings (SSSR count). The number of sulfonamides is 1. The molecule has 0 bridgehead atoms. The maximum atomic E-state index is 14.6. The molecule has 2 N–H and O–H groups in total. The lowest BCUT2D eigenvalue weighted by Crippen LogP contribution is -2.40. The predicted octanol–water partition coefficient (Wildman–Crippen LogP) is 7.77. The van der Waals surface area contributed by atoms with Gasteiger partial charge >= 0.3 is 0 Å². The van der Waals surface area contributed by atoms with E-state index < -0.39 is 16.1 Å². The van der Waals surface area contributed by atoms with Crippen LogP contribution in [0.5, 0.6) is 0 Å². The third-order valence-corrected chi connectivity index (χ3v) is 10.9. The molecule has 1 fully saturated rings. The molecule has 11 heteroatoms. The van der Waals surface area contributed by atoms with Gasteiger partial charge in [-0.2, -0.15) is 4.31 Å². The van der Waals surface area contributed by atoms with Crippen LogP contribution in [0.2, 0.25) is 10.0 Å². The molecule has 3 heterocycles. The number of fused-ring (bicyclic) bond motifs is 1. The van der Waals surface area contributed by atoms with E-state index in [9.17, 15) is 13.2 Å². The van der Waals surface area contributed by atoms with E-state index in [1.807, 2.05) is 91.0 Å². The zero-order valence-corrected chi connectivity index (χ0v) is 28.6. The highest BCUT2D eigenvalue weighted by Gasteiger charge is 2.39. The maximum Gasteiger partial charge on any atom is 0.268 e. The molecule has 1 aliphatic heterocycles. The Morgan fingerprint density at radius 2 is 1.58 bits per heavy atom. The summed E-state index contributed by atoms with van der Waals surface area (Å²) >= 11 is 12.7. The molecule has 1 amide bonds. The number of aromatic nitrogens is 3. The van der Waals surface area contributed by atoms with Crippen molar-refractivity contribution >= 4 is 50.0 Å². The number of carbonyl (C=O) groups is 1. The van der Waals surface area contributed by atoms with E-state index >= 15 is 0 Å². The summed E-state index contributed by atoms with van der Waals surface area (Å²) in [5.41, 5.74) is 6.04. The average Bonchev–Trinajstić information content (AvgIpc) is 3.80. The molecule has 1 aliphatic rings. The largest absolute Gasteiger partial charge is 0.350 e. The standard InChI is InChI=1S/C37H33Cl2N5O3S/c1-23(24-13-15-27(38)16-14-24)44-22-40-34(26-11-7-4-8-12-26)36(44)33-29-18-17-28(39)19-31(29)41-35(33)37(45)42-32-21-43(48(2,46)47)20-30(32)25-9-5-3-6-10-25/h3-19,22-23,30,32,41H,20-21H2,1-2H3,(H,42,45)/t23?,30-,32?/m0/s1. The Kier molecular flexibility index (Phi) is 8.64. The van der Waals surface area contributed by atoms with E-state index in [0.717, 1.165) is 27.8 Å². The molecule has 48 heavy (non-hydrogen) atoms. The minimum atomic E-state index is -3.49. The number of nitrogens with zero attached hydrogens (tertiary/aromatic N) is 3. The van der Waals surface area contributed by atoms with Crippen molar-refractivity contribution in [3.63, 3.8) is 0 Å². The average molecular weight is 699 g/mol. The number of halogens is 2. The van der Waals surface area contributed by atoms with E-state index in [-0.39, 0.29) is 31.0 Å². The summed E-state index contributed by atoms with van der Waals surface area (Å²) in [6.07, 6.45) is 3.01. The Labute approximate surface area is 289 Å². The summed E-state index contributed by atoms with van der Waals surface area (Å²) in [7, 11) is -3.49. The van der Waals surface area contributed by atoms with Crippen LogP contribution in [-0.2, 0) is 10.0 Å². The minimum absolute atomic E-state index is 0.159. The van der Waals surface area contributed by atoms with E-state index in [1.165, 1.54) is 10.6 Å². The lowest BCUT2D eigenvalue weighted by atomic mass is 9.94. The van der Waals surface area contributed by atoms with E-state index in [2.05, 4.69) is 21.8 Å². The van der Waals surface area contributed by atoms with Gasteiger partial charge in [0, 0.05) is 51.1 Å². The van der Waals surface area contributed by atoms with Crippen LogP contribution < -0.4 is 5.32 Å². The second kappa shape index (κ2) is 12.9. The number of imidazole rings is 1. The lowest BCUT2D eigenvalue weighted by Gasteiger charge is -2.21. The third-order valence-electron chi connectivity index (χ3n) is 9.13. The van der Waals surface area contributed by atoms with Gasteiger partial charge in [0.1, 0.15) is 5.69 Å². The van der Waals surface area contributed by atoms with Crippen molar-refractivity contribution in [2.75, 3.05) is 19.3 Å². The molecular weight excluding hydrogens is 665 g/mol. The highest BCUT2D eigenvalue weighted by atomic mass is 35.5. The Hall–Kier alpha value is -4.41. The Morgan fingerprint density at radius 1 is 0.917 bits per heavy atom. The van der Waals surface area contributed by atoms with E-state index in [1.54, 1.807) is 18.5 Å². The van der Waals surface area contributed by atoms with Gasteiger partial charge < -0.3 is 14.9 Å². The molecule has 0 saturated carbocycles. The summed E-state index contributed by atoms with van der Waals surface area (Å²) in [6, 6.07) is 32.1. The van der Waals surface area contributed by atoms with Crippen LogP contribution in [0, 0.1) is 0 Å². The van der Waals surface area contributed by atoms with E-state index in [0.29, 0.717) is 32.5 Å². The second-order valence-electron chi connectivity index (χ2n) is 12.2. The Balaban J connectivity index is 1.39. The van der Waals surface area contributed by atoms with Crippen molar-refractivity contribution in [2.45, 2.75) is 24.9 Å². The fraction of sp³-hybridized carbons (Fsp3) is 0.189. The monoisotopic (exact) mass is 697 g/mol. The van der Waals surface area contributed by atoms with Crippen LogP contribution in [0.25, 0.3) is 33.4 Å². The highest BCUT2D eigenvalue weighted by Crippen LogP contribution is 2.41. The number of hydrogen-bond donors (Lipinski definition) is 2. The fourth-order valence-electron chi connectivity index (χ4n) is 6.66. The first-order chi connectivity index (χ1) is 23.1. The predicted molar refractivity (Wildman–Crippen MR) is 192 cm³/mol. The SMILES string of the molecule is CC(c1ccc(Cl)cc1)n1cnc(-c2ccccc2)c1-c1c(C(=O)NC2CN(S(C)(=O)=O)C[C@H]2c2ccccc2)[nH]c2cc(Cl)ccc12. The van der Waals surface area contributed by atoms with Gasteiger partial charge in [0.25, 0.3) is 5.91 Å². The number of amides is 1. The number of benzene rings is 4. The summed E-state index contributed by atoms with van der Waals surface area (Å²) in [6.45, 7) is 2.51. The van der Waals surface area contributed by atoms with Crippen LogP contribution in [0.4, 0.5) is 0 Å². The summed E-state index contributed by atoms with van der Waals surface area (Å²) < 4.78 is 28.8. The molecule has 8 nitrogen and oxygen atoms in total. The fourth-order valence-corrected chi connectivity index (χ4v) is 7.82. The van der Waals surface area contributed by atoms with Gasteiger partial charge in [-0.05, 0) is 42.3 Å². The Bertz CT molecular complexity index is 2220. The van der Waals surface area contributed by atoms with Gasteiger partial charge in [0.15, 0.2) is 0 Å². The van der Waals surface area contributed by atoms with Crippen molar-refractivity contribution in [2.24, 2.45) is 0 Å². The topological polar surface area (TPSA) is 100 Å². The van der Waals surface area contributed by atoms with Crippen molar-refractivity contribution < 1.29 is 13.2 Å². The number of rotatable bonds is 8. The first-order valence-corrected chi connectivity index (χ1v) is 18.2. The van der Waals surface area contributed by atoms with Crippen LogP contribution in [0.1, 0.15) is 40.5 Å². The van der Waals surface area contributed by atoms with E-state index in [4.69, 9.17) is 28.2 Å². The molecule has 4 aromatic carbocycles. The first kappa shape index (κ1) is 32.2. The van der Waals surface area contributed by atoms with Crippen LogP contribution in [-0.4, -0.2) is 58.6 Å². The number of nitrogens with one attached hydrogen (secondary N) is 2. The normalized spacial score (nSPS) is 17.5. The van der Waals surface area contributed by atoms with Crippen LogP contribution in [0.15, 0.2) is 109 Å². The molecular formula is C37H33Cl2N5O3S. The molecule has 1 saturated heterocycles. The van der Waals surface area contributed by atoms with Gasteiger partial charge in [-0.25, -0.2) is 13.4 Å². The second-order valence-corrected chi connectivity index (χ2v) is 15.0. The van der Waals surface area contributed by atoms with Crippen LogP contribution >= 0.6 is 23.2 Å². The number of carbonyl (C=O) groups excluding carboxylic acids is 1. The van der Waals surface area contributed by atoms with Gasteiger partial charge in [0.05, 0.1) is 36.1 Å². The number of H-pyrrole nitrogens is 1. The highest BCUT2D eigenvalue weighted by molar-refractivity contribution is 7.88. The smallest absolute Gasteiger partial charge is 0.268 e. The van der Waals surface area contributed by atoms with Crippen LogP contribution in [0.3, 0.4) is 0 Å². The molecule has 0 radical (unpaired) electrons. The summed E-state index contributed by atoms with van der Waals surface area (Å²) in [5.74, 6) is -0.591. The first-order valence-electron chi connectivity index (χ1n) is 15.6. The molecule has 3 atom stereocenters. The summed E-state index contributed by atoms with van der Waals surface area (Å²) in [5, 5.41) is 5.19. The minimum Gasteiger partial charge on any atom is -0.350 e. The maximum absolute atomic E-state index is 14.6. The number of aromatic amines is 1. The van der Waals surface area contributed by atoms with Gasteiger partial charge in [0.2, 0.25) is 10.0 Å². The molecule has 244 valence electrons. The van der Waals surface area contributed by atoms with Gasteiger partial charge in [-0.1, -0.05) is 102 Å². The molecule has 0 spiro atoms. The third kappa shape index (κ3) is 6.15. The van der Waals surface area contributed by atoms with Crippen molar-refractivity contribution in [3.05, 3.63) is 136 Å². The molecule has 6 aromatic rings. The lowest BCUT2D eigenvalue weighted by molar-refractivity contribution is 0.0932. The van der Waals surface area contributed by atoms with Crippen molar-refractivity contribution in [1.82, 2.24) is 24.2 Å². The zero-order chi connectivity index (χ0) is 33.6. The summed E-state index contributed by atoms with van der Waals surface area (Å²) in [4.78, 5) is 22.8. The Morgan fingerprint density at radius 3 is 2.27 bits per heavy atom. The van der Waals surface area contributed by atoms with Crippen molar-refractivity contribution in [3.8, 4) is 22.5 Å². The molecule has 2 aromatic heterocycles. The quantitative estimate of drug-likeness (QED) is 0.170. The molecule has 2 unspecified atom stereocenters. The molecule has 0 aliphatic carbocycles.